The van der Waals surface area contributed by atoms with Crippen LogP contribution in [0.5, 0.6) is 0 Å². The van der Waals surface area contributed by atoms with Gasteiger partial charge in [0.1, 0.15) is 0 Å². The van der Waals surface area contributed by atoms with Crippen LogP contribution >= 0.6 is 0 Å². The van der Waals surface area contributed by atoms with Crippen LogP contribution in [0.25, 0.3) is 0 Å². The number of likely N-dealkylation sites (N-methyl/N-ethyl adjacent to an activating group) is 1. The standard InChI is InChI=1S/C20H32N2O4/c1-22(5-3-4-19(25)26-2)18(24)13-21-17(23)12-20-9-14-6-15(10-20)8-16(7-14)11-20/h14-16H,3-13H2,1-2H3,(H,21,23). The van der Waals surface area contributed by atoms with Gasteiger partial charge in [0.05, 0.1) is 13.7 Å². The molecule has 2 amide bonds. The zero-order chi connectivity index (χ0) is 18.7. The fraction of sp³-hybridized carbons (Fsp3) is 0.850. The van der Waals surface area contributed by atoms with Crippen molar-refractivity contribution in [1.82, 2.24) is 10.2 Å². The van der Waals surface area contributed by atoms with Gasteiger partial charge in [-0.05, 0) is 68.1 Å². The number of amides is 2. The number of hydrogen-bond acceptors (Lipinski definition) is 4. The number of rotatable bonds is 8. The molecule has 0 unspecified atom stereocenters. The van der Waals surface area contributed by atoms with Crippen molar-refractivity contribution in [2.24, 2.45) is 23.2 Å². The summed E-state index contributed by atoms with van der Waals surface area (Å²) in [6, 6.07) is 0. The third-order valence-corrected chi connectivity index (χ3v) is 6.67. The lowest BCUT2D eigenvalue weighted by Crippen LogP contribution is -2.48. The van der Waals surface area contributed by atoms with E-state index in [9.17, 15) is 14.4 Å². The average molecular weight is 364 g/mol. The van der Waals surface area contributed by atoms with Gasteiger partial charge < -0.3 is 15.0 Å². The Balaban J connectivity index is 1.38. The lowest BCUT2D eigenvalue weighted by molar-refractivity contribution is -0.141. The molecule has 4 aliphatic carbocycles. The molecule has 0 aliphatic heterocycles. The summed E-state index contributed by atoms with van der Waals surface area (Å²) in [4.78, 5) is 37.3. The second-order valence-electron chi connectivity index (χ2n) is 8.87. The van der Waals surface area contributed by atoms with E-state index in [0.717, 1.165) is 17.8 Å². The van der Waals surface area contributed by atoms with Gasteiger partial charge in [0.2, 0.25) is 11.8 Å². The molecular weight excluding hydrogens is 332 g/mol. The number of carbonyl (C=O) groups is 3. The lowest BCUT2D eigenvalue weighted by Gasteiger charge is -2.56. The summed E-state index contributed by atoms with van der Waals surface area (Å²) < 4.78 is 4.59. The van der Waals surface area contributed by atoms with Crippen LogP contribution in [0.3, 0.4) is 0 Å². The fourth-order valence-corrected chi connectivity index (χ4v) is 5.91. The van der Waals surface area contributed by atoms with Crippen LogP contribution < -0.4 is 5.32 Å². The van der Waals surface area contributed by atoms with Gasteiger partial charge in [-0.3, -0.25) is 14.4 Å². The molecule has 0 spiro atoms. The number of hydrogen-bond donors (Lipinski definition) is 1. The van der Waals surface area contributed by atoms with Crippen molar-refractivity contribution in [2.45, 2.75) is 57.8 Å². The van der Waals surface area contributed by atoms with Crippen LogP contribution in [-0.2, 0) is 19.1 Å². The van der Waals surface area contributed by atoms with E-state index >= 15 is 0 Å². The molecule has 0 aromatic rings. The first-order valence-electron chi connectivity index (χ1n) is 9.96. The van der Waals surface area contributed by atoms with Crippen LogP contribution in [0.15, 0.2) is 0 Å². The molecule has 146 valence electrons. The number of methoxy groups -OCH3 is 1. The maximum Gasteiger partial charge on any atom is 0.305 e. The Morgan fingerprint density at radius 3 is 2.19 bits per heavy atom. The molecule has 4 fully saturated rings. The Kier molecular flexibility index (Phi) is 5.88. The highest BCUT2D eigenvalue weighted by atomic mass is 16.5. The largest absolute Gasteiger partial charge is 0.469 e. The predicted octanol–water partition coefficient (Wildman–Crippen LogP) is 2.12. The molecule has 4 bridgehead atoms. The maximum absolute atomic E-state index is 12.5. The van der Waals surface area contributed by atoms with E-state index in [4.69, 9.17) is 0 Å². The molecule has 4 rings (SSSR count). The van der Waals surface area contributed by atoms with Crippen LogP contribution in [0.2, 0.25) is 0 Å². The van der Waals surface area contributed by atoms with Gasteiger partial charge in [0.15, 0.2) is 0 Å². The Hall–Kier alpha value is -1.59. The Morgan fingerprint density at radius 2 is 1.65 bits per heavy atom. The minimum atomic E-state index is -0.269. The highest BCUT2D eigenvalue weighted by Gasteiger charge is 2.51. The molecular formula is C20H32N2O4. The van der Waals surface area contributed by atoms with E-state index < -0.39 is 0 Å². The molecule has 0 saturated heterocycles. The minimum Gasteiger partial charge on any atom is -0.469 e. The van der Waals surface area contributed by atoms with Gasteiger partial charge in [-0.25, -0.2) is 0 Å². The average Bonchev–Trinajstić information content (AvgIpc) is 2.57. The molecule has 1 N–H and O–H groups in total. The zero-order valence-corrected chi connectivity index (χ0v) is 16.1. The third kappa shape index (κ3) is 4.57. The smallest absolute Gasteiger partial charge is 0.305 e. The second kappa shape index (κ2) is 7.97. The van der Waals surface area contributed by atoms with Crippen LogP contribution in [0.4, 0.5) is 0 Å². The topological polar surface area (TPSA) is 75.7 Å². The van der Waals surface area contributed by atoms with Gasteiger partial charge in [0, 0.05) is 26.4 Å². The van der Waals surface area contributed by atoms with Crippen molar-refractivity contribution >= 4 is 17.8 Å². The molecule has 6 nitrogen and oxygen atoms in total. The van der Waals surface area contributed by atoms with Gasteiger partial charge in [0.25, 0.3) is 0 Å². The summed E-state index contributed by atoms with van der Waals surface area (Å²) >= 11 is 0. The molecule has 0 aromatic carbocycles. The summed E-state index contributed by atoms with van der Waals surface area (Å²) in [5.41, 5.74) is 0.203. The molecule has 26 heavy (non-hydrogen) atoms. The van der Waals surface area contributed by atoms with Gasteiger partial charge in [-0.2, -0.15) is 0 Å². The van der Waals surface area contributed by atoms with Crippen molar-refractivity contribution in [3.63, 3.8) is 0 Å². The number of carbonyl (C=O) groups excluding carboxylic acids is 3. The normalized spacial score (nSPS) is 31.5. The maximum atomic E-state index is 12.5. The highest BCUT2D eigenvalue weighted by Crippen LogP contribution is 2.61. The molecule has 0 radical (unpaired) electrons. The first-order valence-corrected chi connectivity index (χ1v) is 9.96. The summed E-state index contributed by atoms with van der Waals surface area (Å²) in [6.07, 6.45) is 9.16. The number of nitrogens with one attached hydrogen (secondary N) is 1. The Bertz CT molecular complexity index is 525. The van der Waals surface area contributed by atoms with E-state index in [1.807, 2.05) is 0 Å². The number of esters is 1. The first kappa shape index (κ1) is 19.2. The summed E-state index contributed by atoms with van der Waals surface area (Å²) in [5.74, 6) is 2.12. The van der Waals surface area contributed by atoms with Gasteiger partial charge in [-0.1, -0.05) is 0 Å². The minimum absolute atomic E-state index is 0.0169. The third-order valence-electron chi connectivity index (χ3n) is 6.67. The summed E-state index contributed by atoms with van der Waals surface area (Å²) in [5, 5.41) is 2.83. The lowest BCUT2D eigenvalue weighted by atomic mass is 9.49. The Morgan fingerprint density at radius 1 is 1.08 bits per heavy atom. The van der Waals surface area contributed by atoms with E-state index in [1.54, 1.807) is 11.9 Å². The van der Waals surface area contributed by atoms with E-state index in [0.29, 0.717) is 25.8 Å². The van der Waals surface area contributed by atoms with Crippen molar-refractivity contribution in [3.8, 4) is 0 Å². The Labute approximate surface area is 156 Å². The van der Waals surface area contributed by atoms with Crippen LogP contribution in [0.1, 0.15) is 57.8 Å². The molecule has 0 atom stereocenters. The zero-order valence-electron chi connectivity index (χ0n) is 16.1. The van der Waals surface area contributed by atoms with Crippen molar-refractivity contribution in [1.29, 1.82) is 0 Å². The SMILES string of the molecule is COC(=O)CCCN(C)C(=O)CNC(=O)CC12CC3CC(CC(C3)C1)C2. The van der Waals surface area contributed by atoms with E-state index in [-0.39, 0.29) is 29.7 Å². The van der Waals surface area contributed by atoms with Crippen LogP contribution in [0, 0.1) is 23.2 Å². The molecule has 4 saturated carbocycles. The highest BCUT2D eigenvalue weighted by molar-refractivity contribution is 5.85. The monoisotopic (exact) mass is 364 g/mol. The van der Waals surface area contributed by atoms with E-state index in [1.165, 1.54) is 45.6 Å². The molecule has 0 heterocycles. The molecule has 0 aromatic heterocycles. The number of ether oxygens (including phenoxy) is 1. The van der Waals surface area contributed by atoms with Crippen molar-refractivity contribution < 1.29 is 19.1 Å². The summed E-state index contributed by atoms with van der Waals surface area (Å²) in [7, 11) is 3.06. The predicted molar refractivity (Wildman–Crippen MR) is 97.1 cm³/mol. The molecule has 4 aliphatic rings. The van der Waals surface area contributed by atoms with Crippen molar-refractivity contribution in [3.05, 3.63) is 0 Å². The van der Waals surface area contributed by atoms with Crippen LogP contribution in [-0.4, -0.2) is 49.9 Å². The van der Waals surface area contributed by atoms with Gasteiger partial charge >= 0.3 is 5.97 Å². The van der Waals surface area contributed by atoms with E-state index in [2.05, 4.69) is 10.1 Å². The fourth-order valence-electron chi connectivity index (χ4n) is 5.91. The summed E-state index contributed by atoms with van der Waals surface area (Å²) in [6.45, 7) is 0.526. The first-order chi connectivity index (χ1) is 12.4. The van der Waals surface area contributed by atoms with Crippen molar-refractivity contribution in [2.75, 3.05) is 27.2 Å². The molecule has 6 heteroatoms. The number of nitrogens with zero attached hydrogens (tertiary/aromatic N) is 1. The second-order valence-corrected chi connectivity index (χ2v) is 8.87. The van der Waals surface area contributed by atoms with Gasteiger partial charge in [-0.15, -0.1) is 0 Å². The quantitative estimate of drug-likeness (QED) is 0.670.